The minimum Gasteiger partial charge on any atom is -0.338 e. The summed E-state index contributed by atoms with van der Waals surface area (Å²) < 4.78 is 95.1. The lowest BCUT2D eigenvalue weighted by molar-refractivity contribution is -0.143. The van der Waals surface area contributed by atoms with Crippen molar-refractivity contribution in [3.63, 3.8) is 0 Å². The first-order valence-corrected chi connectivity index (χ1v) is 13.6. The van der Waals surface area contributed by atoms with E-state index in [4.69, 9.17) is 0 Å². The number of carbonyl (C=O) groups is 2. The van der Waals surface area contributed by atoms with Gasteiger partial charge in [-0.3, -0.25) is 9.59 Å². The maximum absolute atomic E-state index is 14.1. The molecule has 0 N–H and O–H groups in total. The molecule has 1 aliphatic heterocycles. The SMILES string of the molecule is Cc1cc(F)ccc1[C@@H]1CN(C(=O)c2cncnc2)CC[C@H]1C(=O)N(Cc1cc(C(F)(F)F)cc(C(F)(F)F)c1)C1CC1. The molecule has 2 aromatic carbocycles. The van der Waals surface area contributed by atoms with E-state index >= 15 is 0 Å². The van der Waals surface area contributed by atoms with Gasteiger partial charge in [-0.05, 0) is 73.2 Å². The Morgan fingerprint density at radius 2 is 1.56 bits per heavy atom. The van der Waals surface area contributed by atoms with Gasteiger partial charge in [0, 0.05) is 49.9 Å². The number of alkyl halides is 6. The Morgan fingerprint density at radius 1 is 0.930 bits per heavy atom. The molecule has 2 heterocycles. The van der Waals surface area contributed by atoms with E-state index in [1.54, 1.807) is 17.9 Å². The molecule has 0 bridgehead atoms. The topological polar surface area (TPSA) is 66.4 Å². The van der Waals surface area contributed by atoms with Gasteiger partial charge in [0.05, 0.1) is 16.7 Å². The van der Waals surface area contributed by atoms with Crippen molar-refractivity contribution < 1.29 is 40.3 Å². The molecule has 2 amide bonds. The Balaban J connectivity index is 1.48. The van der Waals surface area contributed by atoms with Crippen LogP contribution in [0, 0.1) is 18.7 Å². The molecular weight excluding hydrogens is 581 g/mol. The molecule has 6 nitrogen and oxygen atoms in total. The first-order valence-electron chi connectivity index (χ1n) is 13.6. The first kappa shape index (κ1) is 30.4. The summed E-state index contributed by atoms with van der Waals surface area (Å²) in [5.41, 5.74) is -1.77. The number of halogens is 7. The predicted octanol–water partition coefficient (Wildman–Crippen LogP) is 6.40. The highest BCUT2D eigenvalue weighted by atomic mass is 19.4. The summed E-state index contributed by atoms with van der Waals surface area (Å²) in [4.78, 5) is 38.0. The van der Waals surface area contributed by atoms with Crippen molar-refractivity contribution in [2.24, 2.45) is 5.92 Å². The van der Waals surface area contributed by atoms with E-state index in [0.29, 0.717) is 36.1 Å². The van der Waals surface area contributed by atoms with Crippen molar-refractivity contribution in [3.8, 4) is 0 Å². The maximum atomic E-state index is 14.1. The third-order valence-corrected chi connectivity index (χ3v) is 7.93. The van der Waals surface area contributed by atoms with Crippen LogP contribution in [0.3, 0.4) is 0 Å². The van der Waals surface area contributed by atoms with Crippen LogP contribution >= 0.6 is 0 Å². The first-order chi connectivity index (χ1) is 20.2. The fourth-order valence-electron chi connectivity index (χ4n) is 5.69. The largest absolute Gasteiger partial charge is 0.416 e. The molecular formula is C30H27F7N4O2. The molecule has 2 fully saturated rings. The summed E-state index contributed by atoms with van der Waals surface area (Å²) in [6.45, 7) is 1.48. The van der Waals surface area contributed by atoms with Gasteiger partial charge < -0.3 is 9.80 Å². The summed E-state index contributed by atoms with van der Waals surface area (Å²) in [5.74, 6) is -2.65. The Hall–Kier alpha value is -4.03. The number of carbonyl (C=O) groups excluding carboxylic acids is 2. The van der Waals surface area contributed by atoms with Crippen LogP contribution in [0.2, 0.25) is 0 Å². The van der Waals surface area contributed by atoms with E-state index in [9.17, 15) is 40.3 Å². The zero-order valence-corrected chi connectivity index (χ0v) is 22.9. The summed E-state index contributed by atoms with van der Waals surface area (Å²) in [6.07, 6.45) is -4.73. The highest BCUT2D eigenvalue weighted by molar-refractivity contribution is 5.94. The molecule has 3 aromatic rings. The predicted molar refractivity (Wildman–Crippen MR) is 140 cm³/mol. The van der Waals surface area contributed by atoms with Gasteiger partial charge in [-0.15, -0.1) is 0 Å². The van der Waals surface area contributed by atoms with Gasteiger partial charge in [0.15, 0.2) is 0 Å². The molecule has 0 spiro atoms. The average molecular weight is 609 g/mol. The molecule has 43 heavy (non-hydrogen) atoms. The lowest BCUT2D eigenvalue weighted by Crippen LogP contribution is -2.49. The second-order valence-corrected chi connectivity index (χ2v) is 11.0. The van der Waals surface area contributed by atoms with Crippen LogP contribution in [0.15, 0.2) is 55.1 Å². The number of nitrogens with zero attached hydrogens (tertiary/aromatic N) is 4. The Labute approximate surface area is 242 Å². The number of likely N-dealkylation sites (tertiary alicyclic amines) is 1. The van der Waals surface area contributed by atoms with E-state index in [0.717, 1.165) is 0 Å². The van der Waals surface area contributed by atoms with Crippen LogP contribution in [0.25, 0.3) is 0 Å². The van der Waals surface area contributed by atoms with Gasteiger partial charge in [0.25, 0.3) is 5.91 Å². The number of piperidine rings is 1. The molecule has 13 heteroatoms. The Kier molecular flexibility index (Phi) is 8.19. The van der Waals surface area contributed by atoms with Crippen LogP contribution in [-0.2, 0) is 23.7 Å². The molecule has 1 aliphatic carbocycles. The Morgan fingerprint density at radius 3 is 2.12 bits per heavy atom. The minimum atomic E-state index is -5.02. The van der Waals surface area contributed by atoms with Crippen LogP contribution in [0.5, 0.6) is 0 Å². The standard InChI is InChI=1S/C30H27F7N4O2/c1-17-8-22(31)2-5-24(17)26-15-40(27(42)19-12-38-16-39-13-19)7-6-25(26)28(43)41(23-3-4-23)14-18-9-20(29(32,33)34)11-21(10-18)30(35,36)37/h2,5,8-13,16,23,25-26H,3-4,6-7,14-15H2,1H3/t25-,26+/m1/s1. The van der Waals surface area contributed by atoms with Crippen molar-refractivity contribution in [2.75, 3.05) is 13.1 Å². The van der Waals surface area contributed by atoms with E-state index in [1.165, 1.54) is 35.8 Å². The van der Waals surface area contributed by atoms with Crippen molar-refractivity contribution in [1.82, 2.24) is 19.8 Å². The molecule has 1 saturated heterocycles. The monoisotopic (exact) mass is 608 g/mol. The fraction of sp³-hybridized carbons (Fsp3) is 0.400. The number of aryl methyl sites for hydroxylation is 1. The zero-order valence-electron chi connectivity index (χ0n) is 22.9. The third kappa shape index (κ3) is 6.80. The van der Waals surface area contributed by atoms with Gasteiger partial charge in [0.2, 0.25) is 5.91 Å². The van der Waals surface area contributed by atoms with E-state index in [-0.39, 0.29) is 48.7 Å². The van der Waals surface area contributed by atoms with Gasteiger partial charge in [0.1, 0.15) is 12.1 Å². The van der Waals surface area contributed by atoms with Crippen molar-refractivity contribution >= 4 is 11.8 Å². The molecule has 0 radical (unpaired) electrons. The number of benzene rings is 2. The third-order valence-electron chi connectivity index (χ3n) is 7.93. The van der Waals surface area contributed by atoms with Gasteiger partial charge in [-0.25, -0.2) is 14.4 Å². The molecule has 1 aromatic heterocycles. The highest BCUT2D eigenvalue weighted by Gasteiger charge is 2.44. The summed E-state index contributed by atoms with van der Waals surface area (Å²) in [5, 5.41) is 0. The summed E-state index contributed by atoms with van der Waals surface area (Å²) in [7, 11) is 0. The normalized spacial score (nSPS) is 19.3. The fourth-order valence-corrected chi connectivity index (χ4v) is 5.69. The highest BCUT2D eigenvalue weighted by Crippen LogP contribution is 2.41. The number of rotatable bonds is 6. The van der Waals surface area contributed by atoms with E-state index in [1.807, 2.05) is 0 Å². The molecule has 2 aliphatic rings. The molecule has 5 rings (SSSR count). The molecule has 228 valence electrons. The maximum Gasteiger partial charge on any atom is 0.416 e. The van der Waals surface area contributed by atoms with Crippen molar-refractivity contribution in [3.05, 3.63) is 94.3 Å². The van der Waals surface area contributed by atoms with E-state index in [2.05, 4.69) is 9.97 Å². The number of hydrogen-bond donors (Lipinski definition) is 0. The smallest absolute Gasteiger partial charge is 0.338 e. The van der Waals surface area contributed by atoms with Gasteiger partial charge in [-0.1, -0.05) is 6.07 Å². The van der Waals surface area contributed by atoms with Crippen LogP contribution in [-0.4, -0.2) is 50.7 Å². The van der Waals surface area contributed by atoms with Crippen molar-refractivity contribution in [1.29, 1.82) is 0 Å². The van der Waals surface area contributed by atoms with E-state index < -0.39 is 53.6 Å². The van der Waals surface area contributed by atoms with Crippen LogP contribution < -0.4 is 0 Å². The second kappa shape index (κ2) is 11.6. The lowest BCUT2D eigenvalue weighted by Gasteiger charge is -2.41. The van der Waals surface area contributed by atoms with Gasteiger partial charge in [-0.2, -0.15) is 26.3 Å². The van der Waals surface area contributed by atoms with Crippen LogP contribution in [0.1, 0.15) is 63.4 Å². The average Bonchev–Trinajstić information content (AvgIpc) is 3.80. The van der Waals surface area contributed by atoms with Crippen molar-refractivity contribution in [2.45, 2.75) is 57.0 Å². The molecule has 0 unspecified atom stereocenters. The molecule has 2 atom stereocenters. The number of amides is 2. The Bertz CT molecular complexity index is 1470. The lowest BCUT2D eigenvalue weighted by atomic mass is 9.78. The van der Waals surface area contributed by atoms with Crippen LogP contribution in [0.4, 0.5) is 30.7 Å². The minimum absolute atomic E-state index is 0.0602. The summed E-state index contributed by atoms with van der Waals surface area (Å²) >= 11 is 0. The molecule has 1 saturated carbocycles. The summed E-state index contributed by atoms with van der Waals surface area (Å²) in [6, 6.07) is 5.10. The zero-order chi connectivity index (χ0) is 31.1. The second-order valence-electron chi connectivity index (χ2n) is 11.0. The van der Waals surface area contributed by atoms with Gasteiger partial charge >= 0.3 is 12.4 Å². The number of aromatic nitrogens is 2. The number of hydrogen-bond acceptors (Lipinski definition) is 4. The quantitative estimate of drug-likeness (QED) is 0.304.